The van der Waals surface area contributed by atoms with Crippen molar-refractivity contribution in [2.45, 2.75) is 31.2 Å². The highest BCUT2D eigenvalue weighted by Crippen LogP contribution is 2.28. The first-order chi connectivity index (χ1) is 13.6. The van der Waals surface area contributed by atoms with E-state index in [0.29, 0.717) is 18.7 Å². The van der Waals surface area contributed by atoms with Gasteiger partial charge in [-0.1, -0.05) is 12.1 Å². The number of nitriles is 1. The van der Waals surface area contributed by atoms with E-state index < -0.39 is 5.91 Å². The maximum absolute atomic E-state index is 12.6. The zero-order chi connectivity index (χ0) is 19.7. The summed E-state index contributed by atoms with van der Waals surface area (Å²) in [4.78, 5) is 32.8. The van der Waals surface area contributed by atoms with Gasteiger partial charge in [-0.2, -0.15) is 5.26 Å². The zero-order valence-corrected chi connectivity index (χ0v) is 15.7. The summed E-state index contributed by atoms with van der Waals surface area (Å²) in [5.74, 6) is -0.162. The number of hydrogen-bond donors (Lipinski definition) is 1. The number of hydrogen-bond acceptors (Lipinski definition) is 5. The molecule has 2 saturated heterocycles. The Morgan fingerprint density at radius 3 is 2.86 bits per heavy atom. The number of nitrogens with zero attached hydrogens (tertiary/aromatic N) is 4. The Morgan fingerprint density at radius 2 is 2.07 bits per heavy atom. The van der Waals surface area contributed by atoms with Crippen molar-refractivity contribution in [1.29, 1.82) is 5.26 Å². The van der Waals surface area contributed by atoms with Gasteiger partial charge >= 0.3 is 0 Å². The van der Waals surface area contributed by atoms with Gasteiger partial charge in [-0.3, -0.25) is 19.5 Å². The van der Waals surface area contributed by atoms with Crippen LogP contribution in [0.25, 0.3) is 10.9 Å². The highest BCUT2D eigenvalue weighted by Gasteiger charge is 2.32. The van der Waals surface area contributed by atoms with Crippen LogP contribution in [0.3, 0.4) is 0 Å². The second-order valence-corrected chi connectivity index (χ2v) is 7.57. The Bertz CT molecular complexity index is 967. The molecule has 0 radical (unpaired) electrons. The number of primary amides is 1. The average Bonchev–Trinajstić information content (AvgIpc) is 3.36. The van der Waals surface area contributed by atoms with E-state index in [1.807, 2.05) is 18.2 Å². The molecule has 4 rings (SSSR count). The fourth-order valence-corrected chi connectivity index (χ4v) is 4.31. The SMILES string of the molecule is N#C[C@@H]1CCCN1C(=O)CN1CC[C@H](c2ccc3c(C(N)=O)cccc3n2)C1. The van der Waals surface area contributed by atoms with Crippen LogP contribution in [-0.2, 0) is 4.79 Å². The van der Waals surface area contributed by atoms with Gasteiger partial charge < -0.3 is 10.6 Å². The van der Waals surface area contributed by atoms with Gasteiger partial charge in [-0.05, 0) is 44.0 Å². The smallest absolute Gasteiger partial charge is 0.249 e. The first-order valence-electron chi connectivity index (χ1n) is 9.67. The van der Waals surface area contributed by atoms with Crippen LogP contribution in [0, 0.1) is 11.3 Å². The van der Waals surface area contributed by atoms with E-state index in [9.17, 15) is 14.9 Å². The topological polar surface area (TPSA) is 103 Å². The average molecular weight is 377 g/mol. The molecule has 2 aliphatic rings. The molecule has 1 aromatic heterocycles. The highest BCUT2D eigenvalue weighted by atomic mass is 16.2. The quantitative estimate of drug-likeness (QED) is 0.872. The molecule has 7 nitrogen and oxygen atoms in total. The second-order valence-electron chi connectivity index (χ2n) is 7.57. The van der Waals surface area contributed by atoms with E-state index in [4.69, 9.17) is 10.7 Å². The number of likely N-dealkylation sites (tertiary alicyclic amines) is 2. The predicted octanol–water partition coefficient (Wildman–Crippen LogP) is 1.64. The summed E-state index contributed by atoms with van der Waals surface area (Å²) in [6.07, 6.45) is 2.61. The normalized spacial score (nSPS) is 22.5. The van der Waals surface area contributed by atoms with Crippen molar-refractivity contribution in [3.05, 3.63) is 41.6 Å². The van der Waals surface area contributed by atoms with Gasteiger partial charge in [-0.15, -0.1) is 0 Å². The third-order valence-corrected chi connectivity index (χ3v) is 5.79. The fraction of sp³-hybridized carbons (Fsp3) is 0.429. The summed E-state index contributed by atoms with van der Waals surface area (Å²) in [5, 5.41) is 9.95. The number of fused-ring (bicyclic) bond motifs is 1. The molecule has 0 saturated carbocycles. The van der Waals surface area contributed by atoms with Gasteiger partial charge in [0.05, 0.1) is 18.1 Å². The number of amides is 2. The Balaban J connectivity index is 1.45. The third kappa shape index (κ3) is 3.43. The van der Waals surface area contributed by atoms with Gasteiger partial charge in [0.15, 0.2) is 0 Å². The van der Waals surface area contributed by atoms with E-state index in [1.165, 1.54) is 0 Å². The Kier molecular flexibility index (Phi) is 4.97. The lowest BCUT2D eigenvalue weighted by Crippen LogP contribution is -2.41. The van der Waals surface area contributed by atoms with Crippen molar-refractivity contribution in [2.75, 3.05) is 26.2 Å². The Morgan fingerprint density at radius 1 is 1.21 bits per heavy atom. The van der Waals surface area contributed by atoms with Gasteiger partial charge in [0.2, 0.25) is 11.8 Å². The van der Waals surface area contributed by atoms with Crippen molar-refractivity contribution in [3.8, 4) is 6.07 Å². The zero-order valence-electron chi connectivity index (χ0n) is 15.7. The van der Waals surface area contributed by atoms with E-state index >= 15 is 0 Å². The molecular formula is C21H23N5O2. The Labute approximate surface area is 163 Å². The van der Waals surface area contributed by atoms with E-state index in [2.05, 4.69) is 11.0 Å². The maximum atomic E-state index is 12.6. The number of nitrogens with two attached hydrogens (primary N) is 1. The second kappa shape index (κ2) is 7.56. The number of carbonyl (C=O) groups is 2. The highest BCUT2D eigenvalue weighted by molar-refractivity contribution is 6.05. The van der Waals surface area contributed by atoms with Crippen LogP contribution >= 0.6 is 0 Å². The van der Waals surface area contributed by atoms with Crippen LogP contribution in [0.5, 0.6) is 0 Å². The number of carbonyl (C=O) groups excluding carboxylic acids is 2. The van der Waals surface area contributed by atoms with Crippen LogP contribution in [-0.4, -0.2) is 58.8 Å². The molecule has 2 fully saturated rings. The molecule has 0 spiro atoms. The molecule has 3 heterocycles. The minimum Gasteiger partial charge on any atom is -0.366 e. The molecule has 2 atom stereocenters. The largest absolute Gasteiger partial charge is 0.366 e. The molecule has 1 aromatic carbocycles. The van der Waals surface area contributed by atoms with Crippen LogP contribution in [0.4, 0.5) is 0 Å². The molecule has 0 unspecified atom stereocenters. The first-order valence-corrected chi connectivity index (χ1v) is 9.67. The van der Waals surface area contributed by atoms with Crippen LogP contribution in [0.15, 0.2) is 30.3 Å². The minimum atomic E-state index is -0.455. The molecule has 144 valence electrons. The number of pyridine rings is 1. The maximum Gasteiger partial charge on any atom is 0.249 e. The summed E-state index contributed by atoms with van der Waals surface area (Å²) in [6, 6.07) is 11.2. The molecule has 7 heteroatoms. The van der Waals surface area contributed by atoms with Gasteiger partial charge in [0.25, 0.3) is 0 Å². The molecule has 2 amide bonds. The predicted molar refractivity (Wildman–Crippen MR) is 104 cm³/mol. The third-order valence-electron chi connectivity index (χ3n) is 5.79. The van der Waals surface area contributed by atoms with E-state index in [-0.39, 0.29) is 17.9 Å². The van der Waals surface area contributed by atoms with Crippen LogP contribution in [0.2, 0.25) is 0 Å². The molecule has 2 aromatic rings. The Hall–Kier alpha value is -2.98. The van der Waals surface area contributed by atoms with Crippen molar-refractivity contribution < 1.29 is 9.59 Å². The summed E-state index contributed by atoms with van der Waals surface area (Å²) >= 11 is 0. The lowest BCUT2D eigenvalue weighted by molar-refractivity contribution is -0.132. The molecule has 28 heavy (non-hydrogen) atoms. The first kappa shape index (κ1) is 18.4. The lowest BCUT2D eigenvalue weighted by Gasteiger charge is -2.23. The molecule has 2 aliphatic heterocycles. The van der Waals surface area contributed by atoms with Gasteiger partial charge in [0, 0.05) is 35.7 Å². The number of rotatable bonds is 4. The summed E-state index contributed by atoms with van der Waals surface area (Å²) in [5.41, 5.74) is 7.66. The van der Waals surface area contributed by atoms with Crippen molar-refractivity contribution in [2.24, 2.45) is 5.73 Å². The number of aromatic nitrogens is 1. The lowest BCUT2D eigenvalue weighted by atomic mass is 10.0. The van der Waals surface area contributed by atoms with Crippen LogP contribution < -0.4 is 5.73 Å². The van der Waals surface area contributed by atoms with Crippen molar-refractivity contribution in [1.82, 2.24) is 14.8 Å². The van der Waals surface area contributed by atoms with Gasteiger partial charge in [0.1, 0.15) is 6.04 Å². The minimum absolute atomic E-state index is 0.0438. The van der Waals surface area contributed by atoms with Crippen molar-refractivity contribution in [3.63, 3.8) is 0 Å². The number of benzene rings is 1. The monoisotopic (exact) mass is 377 g/mol. The summed E-state index contributed by atoms with van der Waals surface area (Å²) in [6.45, 7) is 2.64. The molecule has 2 N–H and O–H groups in total. The van der Waals surface area contributed by atoms with E-state index in [1.54, 1.807) is 17.0 Å². The van der Waals surface area contributed by atoms with Crippen LogP contribution in [0.1, 0.15) is 41.2 Å². The van der Waals surface area contributed by atoms with Gasteiger partial charge in [-0.25, -0.2) is 0 Å². The van der Waals surface area contributed by atoms with E-state index in [0.717, 1.165) is 48.9 Å². The molecular weight excluding hydrogens is 354 g/mol. The fourth-order valence-electron chi connectivity index (χ4n) is 4.31. The molecule has 0 aliphatic carbocycles. The molecule has 0 bridgehead atoms. The summed E-state index contributed by atoms with van der Waals surface area (Å²) < 4.78 is 0. The standard InChI is InChI=1S/C21H23N5O2/c22-11-15-3-2-9-26(15)20(27)13-25-10-8-14(12-25)18-7-6-16-17(21(23)28)4-1-5-19(16)24-18/h1,4-7,14-15H,2-3,8-10,12-13H2,(H2,23,28)/t14-,15-/m0/s1. The summed E-state index contributed by atoms with van der Waals surface area (Å²) in [7, 11) is 0. The van der Waals surface area contributed by atoms with Crippen molar-refractivity contribution >= 4 is 22.7 Å².